The number of ether oxygens (including phenoxy) is 1. The topological polar surface area (TPSA) is 113 Å². The van der Waals surface area contributed by atoms with Crippen molar-refractivity contribution in [1.29, 1.82) is 0 Å². The Morgan fingerprint density at radius 1 is 1.32 bits per heavy atom. The van der Waals surface area contributed by atoms with Crippen LogP contribution in [0.2, 0.25) is 0 Å². The van der Waals surface area contributed by atoms with Gasteiger partial charge in [-0.1, -0.05) is 6.07 Å². The van der Waals surface area contributed by atoms with Crippen molar-refractivity contribution in [3.8, 4) is 0 Å². The predicted molar refractivity (Wildman–Crippen MR) is 75.4 cm³/mol. The molecular weight excluding hydrogens is 312 g/mol. The summed E-state index contributed by atoms with van der Waals surface area (Å²) in [5, 5.41) is 8.58. The van der Waals surface area contributed by atoms with Gasteiger partial charge >= 0.3 is 5.97 Å². The summed E-state index contributed by atoms with van der Waals surface area (Å²) in [7, 11) is -2.55. The van der Waals surface area contributed by atoms with Crippen LogP contribution in [0.15, 0.2) is 23.1 Å². The monoisotopic (exact) mass is 328 g/mol. The molecule has 9 heteroatoms. The standard InChI is InChI=1S/C13H16N2O6S/c1-15(6-13(17)18)12(16)5-14-22(19,20)11-3-2-9-7-21-8-10(9)4-11/h2-4,14H,5-8H2,1H3,(H,17,18). The van der Waals surface area contributed by atoms with Gasteiger partial charge in [-0.3, -0.25) is 9.59 Å². The molecule has 120 valence electrons. The third-order valence-electron chi connectivity index (χ3n) is 3.21. The van der Waals surface area contributed by atoms with E-state index in [2.05, 4.69) is 4.72 Å². The van der Waals surface area contributed by atoms with Gasteiger partial charge in [0.05, 0.1) is 24.7 Å². The summed E-state index contributed by atoms with van der Waals surface area (Å²) in [6.07, 6.45) is 0. The molecule has 0 spiro atoms. The minimum Gasteiger partial charge on any atom is -0.480 e. The minimum absolute atomic E-state index is 0.0467. The molecule has 2 N–H and O–H groups in total. The highest BCUT2D eigenvalue weighted by molar-refractivity contribution is 7.89. The van der Waals surface area contributed by atoms with Crippen LogP contribution in [0.4, 0.5) is 0 Å². The van der Waals surface area contributed by atoms with Gasteiger partial charge in [0.1, 0.15) is 6.54 Å². The highest BCUT2D eigenvalue weighted by Gasteiger charge is 2.20. The number of hydrogen-bond acceptors (Lipinski definition) is 5. The SMILES string of the molecule is CN(CC(=O)O)C(=O)CNS(=O)(=O)c1ccc2c(c1)COC2. The molecule has 0 fully saturated rings. The zero-order valence-electron chi connectivity index (χ0n) is 11.9. The lowest BCUT2D eigenvalue weighted by molar-refractivity contribution is -0.143. The number of fused-ring (bicyclic) bond motifs is 1. The first kappa shape index (κ1) is 16.4. The van der Waals surface area contributed by atoms with Crippen molar-refractivity contribution in [3.05, 3.63) is 29.3 Å². The van der Waals surface area contributed by atoms with Crippen molar-refractivity contribution in [2.24, 2.45) is 0 Å². The van der Waals surface area contributed by atoms with E-state index in [9.17, 15) is 18.0 Å². The molecule has 1 amide bonds. The lowest BCUT2D eigenvalue weighted by Gasteiger charge is -2.15. The molecule has 0 saturated heterocycles. The number of benzene rings is 1. The fourth-order valence-electron chi connectivity index (χ4n) is 1.98. The third-order valence-corrected chi connectivity index (χ3v) is 4.61. The number of likely N-dealkylation sites (N-methyl/N-ethyl adjacent to an activating group) is 1. The second-order valence-corrected chi connectivity index (χ2v) is 6.66. The molecule has 0 unspecified atom stereocenters. The zero-order valence-corrected chi connectivity index (χ0v) is 12.7. The molecule has 22 heavy (non-hydrogen) atoms. The Balaban J connectivity index is 2.02. The molecule has 0 atom stereocenters. The lowest BCUT2D eigenvalue weighted by Crippen LogP contribution is -2.40. The quantitative estimate of drug-likeness (QED) is 0.730. The maximum absolute atomic E-state index is 12.1. The Morgan fingerprint density at radius 2 is 2.00 bits per heavy atom. The fraction of sp³-hybridized carbons (Fsp3) is 0.385. The first-order chi connectivity index (χ1) is 10.3. The van der Waals surface area contributed by atoms with E-state index in [1.54, 1.807) is 6.07 Å². The third kappa shape index (κ3) is 3.81. The average molecular weight is 328 g/mol. The number of amides is 1. The van der Waals surface area contributed by atoms with Crippen molar-refractivity contribution < 1.29 is 27.9 Å². The summed E-state index contributed by atoms with van der Waals surface area (Å²) in [5.74, 6) is -1.80. The molecule has 0 aromatic heterocycles. The molecule has 1 aliphatic heterocycles. The zero-order chi connectivity index (χ0) is 16.3. The second-order valence-electron chi connectivity index (χ2n) is 4.89. The number of carbonyl (C=O) groups excluding carboxylic acids is 1. The Bertz CT molecular complexity index is 700. The van der Waals surface area contributed by atoms with Crippen LogP contribution in [0.1, 0.15) is 11.1 Å². The smallest absolute Gasteiger partial charge is 0.323 e. The molecule has 0 radical (unpaired) electrons. The number of carbonyl (C=O) groups is 2. The Hall–Kier alpha value is -1.97. The molecule has 0 aliphatic carbocycles. The van der Waals surface area contributed by atoms with Crippen molar-refractivity contribution in [2.75, 3.05) is 20.1 Å². The van der Waals surface area contributed by atoms with Crippen LogP contribution in [-0.4, -0.2) is 50.4 Å². The number of carboxylic acid groups (broad SMARTS) is 1. The van der Waals surface area contributed by atoms with Gasteiger partial charge in [0.25, 0.3) is 0 Å². The van der Waals surface area contributed by atoms with Gasteiger partial charge in [0, 0.05) is 7.05 Å². The number of nitrogens with one attached hydrogen (secondary N) is 1. The molecule has 1 aliphatic rings. The summed E-state index contributed by atoms with van der Waals surface area (Å²) < 4.78 is 31.7. The number of nitrogens with zero attached hydrogens (tertiary/aromatic N) is 1. The van der Waals surface area contributed by atoms with Crippen LogP contribution in [-0.2, 0) is 37.6 Å². The Labute approximate surface area is 127 Å². The largest absolute Gasteiger partial charge is 0.480 e. The molecular formula is C13H16N2O6S. The van der Waals surface area contributed by atoms with Gasteiger partial charge in [0.15, 0.2) is 0 Å². The van der Waals surface area contributed by atoms with Crippen LogP contribution in [0.3, 0.4) is 0 Å². The van der Waals surface area contributed by atoms with Crippen LogP contribution in [0.5, 0.6) is 0 Å². The van der Waals surface area contributed by atoms with Crippen molar-refractivity contribution in [2.45, 2.75) is 18.1 Å². The molecule has 2 rings (SSSR count). The summed E-state index contributed by atoms with van der Waals surface area (Å²) in [5.41, 5.74) is 1.74. The molecule has 0 saturated carbocycles. The number of rotatable bonds is 6. The van der Waals surface area contributed by atoms with E-state index in [1.807, 2.05) is 0 Å². The Kier molecular flexibility index (Phi) is 4.79. The minimum atomic E-state index is -3.84. The van der Waals surface area contributed by atoms with Crippen LogP contribution < -0.4 is 4.72 Å². The van der Waals surface area contributed by atoms with E-state index in [1.165, 1.54) is 19.2 Å². The normalized spacial score (nSPS) is 13.7. The van der Waals surface area contributed by atoms with Crippen molar-refractivity contribution in [1.82, 2.24) is 9.62 Å². The number of carboxylic acids is 1. The number of hydrogen-bond donors (Lipinski definition) is 2. The molecule has 1 heterocycles. The van der Waals surface area contributed by atoms with Gasteiger partial charge < -0.3 is 14.7 Å². The molecule has 1 aromatic rings. The van der Waals surface area contributed by atoms with Gasteiger partial charge in [-0.25, -0.2) is 13.1 Å². The van der Waals surface area contributed by atoms with E-state index in [0.717, 1.165) is 16.0 Å². The first-order valence-electron chi connectivity index (χ1n) is 6.44. The van der Waals surface area contributed by atoms with E-state index >= 15 is 0 Å². The maximum Gasteiger partial charge on any atom is 0.323 e. The number of sulfonamides is 1. The predicted octanol–water partition coefficient (Wildman–Crippen LogP) is -0.462. The molecule has 0 bridgehead atoms. The molecule has 1 aromatic carbocycles. The highest BCUT2D eigenvalue weighted by Crippen LogP contribution is 2.22. The lowest BCUT2D eigenvalue weighted by atomic mass is 10.1. The Morgan fingerprint density at radius 3 is 2.68 bits per heavy atom. The average Bonchev–Trinajstić information content (AvgIpc) is 2.91. The maximum atomic E-state index is 12.1. The second kappa shape index (κ2) is 6.42. The van der Waals surface area contributed by atoms with Gasteiger partial charge in [-0.2, -0.15) is 0 Å². The summed E-state index contributed by atoms with van der Waals surface area (Å²) >= 11 is 0. The van der Waals surface area contributed by atoms with Gasteiger partial charge in [-0.05, 0) is 23.3 Å². The van der Waals surface area contributed by atoms with E-state index < -0.39 is 35.0 Å². The first-order valence-corrected chi connectivity index (χ1v) is 7.93. The summed E-state index contributed by atoms with van der Waals surface area (Å²) in [6.45, 7) is -0.170. The van der Waals surface area contributed by atoms with Crippen LogP contribution >= 0.6 is 0 Å². The highest BCUT2D eigenvalue weighted by atomic mass is 32.2. The van der Waals surface area contributed by atoms with Crippen molar-refractivity contribution >= 4 is 21.9 Å². The van der Waals surface area contributed by atoms with Crippen LogP contribution in [0, 0.1) is 0 Å². The fourth-order valence-corrected chi connectivity index (χ4v) is 3.01. The van der Waals surface area contributed by atoms with E-state index in [4.69, 9.17) is 9.84 Å². The van der Waals surface area contributed by atoms with Gasteiger partial charge in [-0.15, -0.1) is 0 Å². The van der Waals surface area contributed by atoms with Crippen LogP contribution in [0.25, 0.3) is 0 Å². The summed E-state index contributed by atoms with van der Waals surface area (Å²) in [6, 6.07) is 4.63. The number of aliphatic carboxylic acids is 1. The van der Waals surface area contributed by atoms with Gasteiger partial charge in [0.2, 0.25) is 15.9 Å². The van der Waals surface area contributed by atoms with E-state index in [0.29, 0.717) is 13.2 Å². The summed E-state index contributed by atoms with van der Waals surface area (Å²) in [4.78, 5) is 23.1. The van der Waals surface area contributed by atoms with E-state index in [-0.39, 0.29) is 4.90 Å². The molecule has 8 nitrogen and oxygen atoms in total. The van der Waals surface area contributed by atoms with Crippen molar-refractivity contribution in [3.63, 3.8) is 0 Å².